The minimum atomic E-state index is -0.494. The molecule has 0 amide bonds. The van der Waals surface area contributed by atoms with Crippen molar-refractivity contribution in [3.8, 4) is 34.1 Å². The summed E-state index contributed by atoms with van der Waals surface area (Å²) in [5.74, 6) is -1.12. The van der Waals surface area contributed by atoms with Crippen molar-refractivity contribution in [2.45, 2.75) is 26.7 Å². The van der Waals surface area contributed by atoms with Gasteiger partial charge in [0, 0.05) is 11.6 Å². The summed E-state index contributed by atoms with van der Waals surface area (Å²) in [7, 11) is 0. The summed E-state index contributed by atoms with van der Waals surface area (Å²) in [4.78, 5) is 13.0. The van der Waals surface area contributed by atoms with Crippen LogP contribution in [0, 0.1) is 5.92 Å². The summed E-state index contributed by atoms with van der Waals surface area (Å²) < 4.78 is 5.65. The SMILES string of the molecule is CC(C)C(C)c1c(O)cc(O)c2c(=O)c(-c3ccc(O)c(O)c3)coc12. The highest BCUT2D eigenvalue weighted by Gasteiger charge is 2.24. The minimum Gasteiger partial charge on any atom is -0.507 e. The fraction of sp³-hybridized carbons (Fsp3) is 0.250. The van der Waals surface area contributed by atoms with Crippen LogP contribution >= 0.6 is 0 Å². The van der Waals surface area contributed by atoms with Crippen LogP contribution in [-0.4, -0.2) is 20.4 Å². The van der Waals surface area contributed by atoms with Gasteiger partial charge in [-0.1, -0.05) is 26.8 Å². The van der Waals surface area contributed by atoms with Gasteiger partial charge in [0.05, 0.1) is 5.56 Å². The highest BCUT2D eigenvalue weighted by molar-refractivity contribution is 5.91. The van der Waals surface area contributed by atoms with E-state index >= 15 is 0 Å². The first-order valence-electron chi connectivity index (χ1n) is 8.25. The fourth-order valence-corrected chi connectivity index (χ4v) is 2.96. The fourth-order valence-electron chi connectivity index (χ4n) is 2.96. The van der Waals surface area contributed by atoms with Crippen LogP contribution in [-0.2, 0) is 0 Å². The molecule has 0 aliphatic heterocycles. The zero-order chi connectivity index (χ0) is 19.2. The van der Waals surface area contributed by atoms with Crippen LogP contribution in [0.5, 0.6) is 23.0 Å². The zero-order valence-electron chi connectivity index (χ0n) is 14.6. The van der Waals surface area contributed by atoms with Crippen LogP contribution in [0.3, 0.4) is 0 Å². The monoisotopic (exact) mass is 356 g/mol. The van der Waals surface area contributed by atoms with Gasteiger partial charge in [0.2, 0.25) is 5.43 Å². The van der Waals surface area contributed by atoms with Crippen molar-refractivity contribution in [1.29, 1.82) is 0 Å². The summed E-state index contributed by atoms with van der Waals surface area (Å²) in [5.41, 5.74) is 0.565. The molecule has 0 bridgehead atoms. The minimum absolute atomic E-state index is 0.0321. The van der Waals surface area contributed by atoms with E-state index in [1.54, 1.807) is 0 Å². The molecule has 3 aromatic rings. The highest BCUT2D eigenvalue weighted by Crippen LogP contribution is 2.41. The van der Waals surface area contributed by atoms with Gasteiger partial charge >= 0.3 is 0 Å². The Bertz CT molecular complexity index is 1050. The van der Waals surface area contributed by atoms with Crippen LogP contribution < -0.4 is 5.43 Å². The van der Waals surface area contributed by atoms with E-state index in [0.29, 0.717) is 11.1 Å². The number of fused-ring (bicyclic) bond motifs is 1. The Morgan fingerprint density at radius 3 is 2.19 bits per heavy atom. The van der Waals surface area contributed by atoms with Gasteiger partial charge in [-0.25, -0.2) is 0 Å². The van der Waals surface area contributed by atoms with Gasteiger partial charge in [0.25, 0.3) is 0 Å². The van der Waals surface area contributed by atoms with Crippen LogP contribution in [0.25, 0.3) is 22.1 Å². The molecule has 0 aliphatic carbocycles. The molecular weight excluding hydrogens is 336 g/mol. The van der Waals surface area contributed by atoms with E-state index in [1.165, 1.54) is 24.5 Å². The second-order valence-corrected chi connectivity index (χ2v) is 6.75. The number of phenolic OH excluding ortho intramolecular Hbond substituents is 4. The van der Waals surface area contributed by atoms with Gasteiger partial charge in [-0.3, -0.25) is 4.79 Å². The molecule has 6 heteroatoms. The number of hydrogen-bond acceptors (Lipinski definition) is 6. The normalized spacial score (nSPS) is 12.6. The molecule has 0 fully saturated rings. The smallest absolute Gasteiger partial charge is 0.204 e. The van der Waals surface area contributed by atoms with Crippen molar-refractivity contribution in [2.24, 2.45) is 5.92 Å². The van der Waals surface area contributed by atoms with Gasteiger partial charge in [-0.2, -0.15) is 0 Å². The molecule has 0 spiro atoms. The molecule has 2 aromatic carbocycles. The topological polar surface area (TPSA) is 111 Å². The van der Waals surface area contributed by atoms with Crippen molar-refractivity contribution < 1.29 is 24.8 Å². The lowest BCUT2D eigenvalue weighted by Crippen LogP contribution is -2.09. The largest absolute Gasteiger partial charge is 0.507 e. The van der Waals surface area contributed by atoms with Gasteiger partial charge in [-0.15, -0.1) is 0 Å². The van der Waals surface area contributed by atoms with Crippen molar-refractivity contribution >= 4 is 11.0 Å². The van der Waals surface area contributed by atoms with Gasteiger partial charge in [-0.05, 0) is 29.5 Å². The number of aromatic hydroxyl groups is 4. The van der Waals surface area contributed by atoms with Crippen molar-refractivity contribution in [1.82, 2.24) is 0 Å². The first kappa shape index (κ1) is 17.7. The van der Waals surface area contributed by atoms with Crippen molar-refractivity contribution in [3.05, 3.63) is 46.3 Å². The first-order valence-corrected chi connectivity index (χ1v) is 8.25. The Kier molecular flexibility index (Phi) is 4.28. The lowest BCUT2D eigenvalue weighted by Gasteiger charge is -2.19. The molecule has 1 atom stereocenters. The predicted molar refractivity (Wildman–Crippen MR) is 97.8 cm³/mol. The average Bonchev–Trinajstić information content (AvgIpc) is 2.57. The molecule has 3 rings (SSSR count). The molecule has 4 N–H and O–H groups in total. The molecular formula is C20H20O6. The standard InChI is InChI=1S/C20H20O6/c1-9(2)10(3)17-15(23)7-16(24)18-19(25)12(8-26-20(17)18)11-4-5-13(21)14(22)6-11/h4-10,21-24H,1-3H3. The van der Waals surface area contributed by atoms with Crippen LogP contribution in [0.2, 0.25) is 0 Å². The van der Waals surface area contributed by atoms with Crippen molar-refractivity contribution in [2.75, 3.05) is 0 Å². The molecule has 6 nitrogen and oxygen atoms in total. The summed E-state index contributed by atoms with van der Waals surface area (Å²) >= 11 is 0. The van der Waals surface area contributed by atoms with Crippen LogP contribution in [0.4, 0.5) is 0 Å². The summed E-state index contributed by atoms with van der Waals surface area (Å²) in [6.45, 7) is 5.87. The van der Waals surface area contributed by atoms with E-state index in [9.17, 15) is 25.2 Å². The zero-order valence-corrected chi connectivity index (χ0v) is 14.6. The molecule has 136 valence electrons. The maximum absolute atomic E-state index is 13.0. The second-order valence-electron chi connectivity index (χ2n) is 6.75. The Labute approximate surface area is 149 Å². The molecule has 1 heterocycles. The van der Waals surface area contributed by atoms with E-state index in [1.807, 2.05) is 20.8 Å². The second kappa shape index (κ2) is 6.29. The summed E-state index contributed by atoms with van der Waals surface area (Å²) in [6, 6.07) is 5.10. The van der Waals surface area contributed by atoms with Crippen molar-refractivity contribution in [3.63, 3.8) is 0 Å². The number of phenols is 4. The van der Waals surface area contributed by atoms with Crippen LogP contribution in [0.1, 0.15) is 32.3 Å². The quantitative estimate of drug-likeness (QED) is 0.527. The summed E-state index contributed by atoms with van der Waals surface area (Å²) in [5, 5.41) is 39.6. The number of benzene rings is 2. The molecule has 0 aliphatic rings. The lowest BCUT2D eigenvalue weighted by atomic mass is 9.88. The number of hydrogen-bond donors (Lipinski definition) is 4. The van der Waals surface area contributed by atoms with E-state index < -0.39 is 5.43 Å². The third-order valence-electron chi connectivity index (χ3n) is 4.79. The average molecular weight is 356 g/mol. The summed E-state index contributed by atoms with van der Waals surface area (Å²) in [6.07, 6.45) is 1.23. The molecule has 26 heavy (non-hydrogen) atoms. The van der Waals surface area contributed by atoms with Gasteiger partial charge < -0.3 is 24.8 Å². The third kappa shape index (κ3) is 2.73. The molecule has 0 saturated heterocycles. The Balaban J connectivity index is 2.34. The van der Waals surface area contributed by atoms with Gasteiger partial charge in [0.15, 0.2) is 11.5 Å². The maximum atomic E-state index is 13.0. The maximum Gasteiger partial charge on any atom is 0.204 e. The number of rotatable bonds is 3. The van der Waals surface area contributed by atoms with E-state index in [-0.39, 0.29) is 51.4 Å². The third-order valence-corrected chi connectivity index (χ3v) is 4.79. The molecule has 1 unspecified atom stereocenters. The lowest BCUT2D eigenvalue weighted by molar-refractivity contribution is 0.404. The Morgan fingerprint density at radius 1 is 0.885 bits per heavy atom. The van der Waals surface area contributed by atoms with E-state index in [2.05, 4.69) is 0 Å². The molecule has 0 saturated carbocycles. The van der Waals surface area contributed by atoms with E-state index in [0.717, 1.165) is 6.07 Å². The van der Waals surface area contributed by atoms with E-state index in [4.69, 9.17) is 4.42 Å². The predicted octanol–water partition coefficient (Wildman–Crippen LogP) is 4.04. The van der Waals surface area contributed by atoms with Crippen LogP contribution in [0.15, 0.2) is 39.7 Å². The molecule has 0 radical (unpaired) electrons. The van der Waals surface area contributed by atoms with Gasteiger partial charge in [0.1, 0.15) is 28.7 Å². The highest BCUT2D eigenvalue weighted by atomic mass is 16.3. The first-order chi connectivity index (χ1) is 12.2. The molecule has 1 aromatic heterocycles. The Morgan fingerprint density at radius 2 is 1.58 bits per heavy atom. The Hall–Kier alpha value is -3.15.